The third-order valence-corrected chi connectivity index (χ3v) is 4.94. The lowest BCUT2D eigenvalue weighted by Gasteiger charge is -2.34. The number of likely N-dealkylation sites (N-methyl/N-ethyl adjacent to an activating group) is 1. The molecular formula is C15H31IN4OS. The molecule has 0 saturated carbocycles. The molecule has 1 rings (SSSR count). The Bertz CT molecular complexity index is 352. The van der Waals surface area contributed by atoms with E-state index in [4.69, 9.17) is 0 Å². The van der Waals surface area contributed by atoms with Crippen molar-refractivity contribution in [3.05, 3.63) is 0 Å². The van der Waals surface area contributed by atoms with Gasteiger partial charge in [-0.3, -0.25) is 4.79 Å². The van der Waals surface area contributed by atoms with Crippen LogP contribution in [0.1, 0.15) is 33.1 Å². The molecule has 5 nitrogen and oxygen atoms in total. The second kappa shape index (κ2) is 12.3. The third-order valence-electron chi connectivity index (χ3n) is 3.57. The molecule has 1 amide bonds. The highest BCUT2D eigenvalue weighted by molar-refractivity contribution is 14.0. The topological polar surface area (TPSA) is 47.9 Å². The SMILES string of the molecule is CCCCNC(=NCC(=O)N(C)C)N1CCSC(CC)C1.I. The van der Waals surface area contributed by atoms with E-state index >= 15 is 0 Å². The molecule has 7 heteroatoms. The highest BCUT2D eigenvalue weighted by Gasteiger charge is 2.21. The first-order chi connectivity index (χ1) is 10.1. The van der Waals surface area contributed by atoms with Gasteiger partial charge in [0.15, 0.2) is 5.96 Å². The molecule has 22 heavy (non-hydrogen) atoms. The van der Waals surface area contributed by atoms with E-state index in [1.54, 1.807) is 19.0 Å². The van der Waals surface area contributed by atoms with Gasteiger partial charge >= 0.3 is 0 Å². The van der Waals surface area contributed by atoms with Crippen LogP contribution in [0.15, 0.2) is 4.99 Å². The van der Waals surface area contributed by atoms with Crippen molar-refractivity contribution in [2.24, 2.45) is 4.99 Å². The third kappa shape index (κ3) is 7.89. The van der Waals surface area contributed by atoms with E-state index in [9.17, 15) is 4.79 Å². The number of carbonyl (C=O) groups is 1. The number of guanidine groups is 1. The van der Waals surface area contributed by atoms with Gasteiger partial charge in [0.2, 0.25) is 5.91 Å². The summed E-state index contributed by atoms with van der Waals surface area (Å²) in [7, 11) is 3.54. The number of halogens is 1. The molecule has 0 spiro atoms. The number of nitrogens with one attached hydrogen (secondary N) is 1. The second-order valence-corrected chi connectivity index (χ2v) is 6.96. The molecule has 1 aliphatic rings. The predicted molar refractivity (Wildman–Crippen MR) is 107 cm³/mol. The van der Waals surface area contributed by atoms with Crippen LogP contribution >= 0.6 is 35.7 Å². The first-order valence-corrected chi connectivity index (χ1v) is 8.98. The lowest BCUT2D eigenvalue weighted by Crippen LogP contribution is -2.48. The van der Waals surface area contributed by atoms with Crippen LogP contribution in [0.3, 0.4) is 0 Å². The molecule has 1 N–H and O–H groups in total. The van der Waals surface area contributed by atoms with Gasteiger partial charge in [-0.1, -0.05) is 20.3 Å². The normalized spacial score (nSPS) is 18.6. The molecule has 1 saturated heterocycles. The minimum absolute atomic E-state index is 0. The molecule has 1 heterocycles. The summed E-state index contributed by atoms with van der Waals surface area (Å²) in [5, 5.41) is 4.09. The molecule has 0 aromatic rings. The zero-order chi connectivity index (χ0) is 15.7. The van der Waals surface area contributed by atoms with E-state index in [1.807, 2.05) is 11.8 Å². The summed E-state index contributed by atoms with van der Waals surface area (Å²) < 4.78 is 0. The van der Waals surface area contributed by atoms with Gasteiger partial charge in [-0.2, -0.15) is 11.8 Å². The fourth-order valence-electron chi connectivity index (χ4n) is 2.09. The molecule has 1 fully saturated rings. The minimum Gasteiger partial charge on any atom is -0.356 e. The van der Waals surface area contributed by atoms with Gasteiger partial charge in [0.25, 0.3) is 0 Å². The van der Waals surface area contributed by atoms with Crippen molar-refractivity contribution in [2.75, 3.05) is 46.0 Å². The minimum atomic E-state index is 0. The summed E-state index contributed by atoms with van der Waals surface area (Å²) >= 11 is 2.04. The number of hydrogen-bond acceptors (Lipinski definition) is 3. The van der Waals surface area contributed by atoms with Crippen LogP contribution in [0.2, 0.25) is 0 Å². The van der Waals surface area contributed by atoms with Crippen LogP contribution < -0.4 is 5.32 Å². The Morgan fingerprint density at radius 2 is 2.14 bits per heavy atom. The average Bonchev–Trinajstić information content (AvgIpc) is 2.50. The molecule has 0 radical (unpaired) electrons. The van der Waals surface area contributed by atoms with E-state index in [0.29, 0.717) is 5.25 Å². The van der Waals surface area contributed by atoms with Gasteiger partial charge in [-0.05, 0) is 12.8 Å². The zero-order valence-corrected chi connectivity index (χ0v) is 17.4. The fourth-order valence-corrected chi connectivity index (χ4v) is 3.27. The molecule has 130 valence electrons. The van der Waals surface area contributed by atoms with Crippen molar-refractivity contribution in [3.8, 4) is 0 Å². The Labute approximate surface area is 156 Å². The molecular weight excluding hydrogens is 411 g/mol. The van der Waals surface area contributed by atoms with E-state index in [-0.39, 0.29) is 36.4 Å². The second-order valence-electron chi connectivity index (χ2n) is 5.56. The lowest BCUT2D eigenvalue weighted by atomic mass is 10.3. The number of carbonyl (C=O) groups excluding carboxylic acids is 1. The summed E-state index contributed by atoms with van der Waals surface area (Å²) in [6.07, 6.45) is 3.46. The van der Waals surface area contributed by atoms with Crippen molar-refractivity contribution >= 4 is 47.6 Å². The van der Waals surface area contributed by atoms with Crippen LogP contribution in [0.4, 0.5) is 0 Å². The molecule has 1 aliphatic heterocycles. The number of nitrogens with zero attached hydrogens (tertiary/aromatic N) is 3. The van der Waals surface area contributed by atoms with Gasteiger partial charge in [0.1, 0.15) is 6.54 Å². The predicted octanol–water partition coefficient (Wildman–Crippen LogP) is 2.27. The highest BCUT2D eigenvalue weighted by Crippen LogP contribution is 2.21. The largest absolute Gasteiger partial charge is 0.356 e. The monoisotopic (exact) mass is 442 g/mol. The quantitative estimate of drug-likeness (QED) is 0.297. The number of unbranched alkanes of at least 4 members (excludes halogenated alkanes) is 1. The average molecular weight is 442 g/mol. The summed E-state index contributed by atoms with van der Waals surface area (Å²) in [6.45, 7) is 7.59. The van der Waals surface area contributed by atoms with Crippen molar-refractivity contribution in [1.29, 1.82) is 0 Å². The van der Waals surface area contributed by atoms with Crippen molar-refractivity contribution in [1.82, 2.24) is 15.1 Å². The fraction of sp³-hybridized carbons (Fsp3) is 0.867. The number of amides is 1. The number of hydrogen-bond donors (Lipinski definition) is 1. The lowest BCUT2D eigenvalue weighted by molar-refractivity contribution is -0.127. The standard InChI is InChI=1S/C15H30N4OS.HI/c1-5-7-8-16-15(17-11-14(20)18(3)4)19-9-10-21-13(6-2)12-19;/h13H,5-12H2,1-4H3,(H,16,17);1H. The van der Waals surface area contributed by atoms with Crippen LogP contribution in [-0.4, -0.2) is 72.9 Å². The van der Waals surface area contributed by atoms with Gasteiger partial charge in [-0.25, -0.2) is 4.99 Å². The zero-order valence-electron chi connectivity index (χ0n) is 14.3. The first kappa shape index (κ1) is 21.8. The molecule has 0 aliphatic carbocycles. The van der Waals surface area contributed by atoms with Crippen LogP contribution in [0.5, 0.6) is 0 Å². The molecule has 1 unspecified atom stereocenters. The number of aliphatic imine (C=N–C) groups is 1. The van der Waals surface area contributed by atoms with Crippen molar-refractivity contribution in [3.63, 3.8) is 0 Å². The van der Waals surface area contributed by atoms with Crippen molar-refractivity contribution < 1.29 is 4.79 Å². The summed E-state index contributed by atoms with van der Waals surface area (Å²) in [6, 6.07) is 0. The Hall–Kier alpha value is -0.180. The van der Waals surface area contributed by atoms with E-state index in [0.717, 1.165) is 44.2 Å². The Morgan fingerprint density at radius 1 is 1.41 bits per heavy atom. The Balaban J connectivity index is 0.00000441. The smallest absolute Gasteiger partial charge is 0.243 e. The van der Waals surface area contributed by atoms with E-state index in [1.165, 1.54) is 6.42 Å². The summed E-state index contributed by atoms with van der Waals surface area (Å²) in [5.41, 5.74) is 0. The molecule has 1 atom stereocenters. The van der Waals surface area contributed by atoms with Crippen LogP contribution in [-0.2, 0) is 4.79 Å². The van der Waals surface area contributed by atoms with Gasteiger partial charge in [0.05, 0.1) is 0 Å². The maximum absolute atomic E-state index is 11.7. The highest BCUT2D eigenvalue weighted by atomic mass is 127. The van der Waals surface area contributed by atoms with Gasteiger partial charge in [-0.15, -0.1) is 24.0 Å². The van der Waals surface area contributed by atoms with E-state index in [2.05, 4.69) is 29.1 Å². The summed E-state index contributed by atoms with van der Waals surface area (Å²) in [5.74, 6) is 2.08. The Kier molecular flexibility index (Phi) is 12.2. The van der Waals surface area contributed by atoms with E-state index < -0.39 is 0 Å². The molecule has 0 aromatic carbocycles. The first-order valence-electron chi connectivity index (χ1n) is 7.93. The van der Waals surface area contributed by atoms with Crippen molar-refractivity contribution in [2.45, 2.75) is 38.4 Å². The number of rotatable bonds is 6. The Morgan fingerprint density at radius 3 is 2.73 bits per heavy atom. The maximum Gasteiger partial charge on any atom is 0.243 e. The number of thioether (sulfide) groups is 1. The van der Waals surface area contributed by atoms with Crippen LogP contribution in [0, 0.1) is 0 Å². The van der Waals surface area contributed by atoms with Gasteiger partial charge < -0.3 is 15.1 Å². The van der Waals surface area contributed by atoms with Crippen LogP contribution in [0.25, 0.3) is 0 Å². The molecule has 0 bridgehead atoms. The summed E-state index contributed by atoms with van der Waals surface area (Å²) in [4.78, 5) is 20.2. The maximum atomic E-state index is 11.7. The van der Waals surface area contributed by atoms with Gasteiger partial charge in [0, 0.05) is 44.7 Å². The molecule has 0 aromatic heterocycles.